The predicted molar refractivity (Wildman–Crippen MR) is 124 cm³/mol. The number of carbonyl (C=O) groups excluding carboxylic acids is 2. The Labute approximate surface area is 204 Å². The number of fused-ring (bicyclic) bond motifs is 1. The molecule has 5 rings (SSSR count). The van der Waals surface area contributed by atoms with Crippen molar-refractivity contribution >= 4 is 28.5 Å². The van der Waals surface area contributed by atoms with E-state index in [2.05, 4.69) is 4.98 Å². The number of alkyl halides is 2. The van der Waals surface area contributed by atoms with Crippen molar-refractivity contribution in [3.05, 3.63) is 47.5 Å². The van der Waals surface area contributed by atoms with Crippen LogP contribution in [0.4, 0.5) is 23.2 Å². The molecule has 0 bridgehead atoms. The quantitative estimate of drug-likeness (QED) is 0.487. The normalized spacial score (nSPS) is 18.6. The van der Waals surface area contributed by atoms with E-state index in [9.17, 15) is 18.4 Å². The van der Waals surface area contributed by atoms with Gasteiger partial charge in [-0.2, -0.15) is 0 Å². The Morgan fingerprint density at radius 3 is 2.56 bits per heavy atom. The summed E-state index contributed by atoms with van der Waals surface area (Å²) in [4.78, 5) is 31.2. The summed E-state index contributed by atoms with van der Waals surface area (Å²) in [6.45, 7) is 2.91. The Bertz CT molecular complexity index is 1320. The minimum Gasteiger partial charge on any atom is -0.373 e. The molecule has 36 heavy (non-hydrogen) atoms. The molecule has 1 atom stereocenters. The van der Waals surface area contributed by atoms with Gasteiger partial charge in [0.2, 0.25) is 11.8 Å². The molecule has 0 aliphatic carbocycles. The van der Waals surface area contributed by atoms with E-state index in [1.54, 1.807) is 4.90 Å². The Hall–Kier alpha value is -3.47. The second-order valence-corrected chi connectivity index (χ2v) is 8.99. The number of amides is 2. The lowest BCUT2D eigenvalue weighted by molar-refractivity contribution is -0.136. The van der Waals surface area contributed by atoms with Gasteiger partial charge in [0.25, 0.3) is 6.43 Å². The SMILES string of the molecule is CC(=O)N1CCO[C@@H](Cn2c(-c3c(F)cc(N4CCCC4=O)cc3F)nc3cc(C(F)F)ccc32)C1. The highest BCUT2D eigenvalue weighted by Crippen LogP contribution is 2.35. The second-order valence-electron chi connectivity index (χ2n) is 8.99. The molecule has 7 nitrogen and oxygen atoms in total. The molecule has 3 aromatic rings. The van der Waals surface area contributed by atoms with E-state index in [4.69, 9.17) is 4.74 Å². The number of morpholine rings is 1. The average Bonchev–Trinajstić information content (AvgIpc) is 3.42. The highest BCUT2D eigenvalue weighted by atomic mass is 19.3. The van der Waals surface area contributed by atoms with E-state index in [0.29, 0.717) is 38.1 Å². The van der Waals surface area contributed by atoms with Crippen LogP contribution in [0.3, 0.4) is 0 Å². The topological polar surface area (TPSA) is 67.7 Å². The Morgan fingerprint density at radius 2 is 1.92 bits per heavy atom. The van der Waals surface area contributed by atoms with Gasteiger partial charge in [-0.3, -0.25) is 9.59 Å². The summed E-state index contributed by atoms with van der Waals surface area (Å²) in [5.41, 5.74) is -0.0274. The van der Waals surface area contributed by atoms with Gasteiger partial charge < -0.3 is 19.1 Å². The molecular weight excluding hydrogens is 480 g/mol. The highest BCUT2D eigenvalue weighted by molar-refractivity contribution is 5.95. The molecule has 11 heteroatoms. The third-order valence-electron chi connectivity index (χ3n) is 6.63. The number of nitrogens with zero attached hydrogens (tertiary/aromatic N) is 4. The van der Waals surface area contributed by atoms with Gasteiger partial charge in [-0.15, -0.1) is 0 Å². The number of benzene rings is 2. The first-order chi connectivity index (χ1) is 17.2. The fourth-order valence-corrected chi connectivity index (χ4v) is 4.83. The smallest absolute Gasteiger partial charge is 0.263 e. The van der Waals surface area contributed by atoms with Gasteiger partial charge in [0.15, 0.2) is 0 Å². The van der Waals surface area contributed by atoms with Crippen molar-refractivity contribution in [3.63, 3.8) is 0 Å². The Kier molecular flexibility index (Phi) is 6.42. The molecule has 2 fully saturated rings. The van der Waals surface area contributed by atoms with E-state index in [0.717, 1.165) is 12.1 Å². The standard InChI is InChI=1S/C25H24F4N4O3/c1-14(34)31-7-8-36-17(12-31)13-33-21-5-4-15(24(28)29)9-20(21)30-25(33)23-18(26)10-16(11-19(23)27)32-6-2-3-22(32)35/h4-5,9-11,17,24H,2-3,6-8,12-13H2,1H3/t17-/m1/s1. The van der Waals surface area contributed by atoms with Gasteiger partial charge in [-0.1, -0.05) is 6.07 Å². The number of hydrogen-bond acceptors (Lipinski definition) is 4. The van der Waals surface area contributed by atoms with Gasteiger partial charge >= 0.3 is 0 Å². The highest BCUT2D eigenvalue weighted by Gasteiger charge is 2.29. The molecule has 0 N–H and O–H groups in total. The van der Waals surface area contributed by atoms with Crippen molar-refractivity contribution in [2.24, 2.45) is 0 Å². The molecule has 2 aliphatic rings. The van der Waals surface area contributed by atoms with Gasteiger partial charge in [0.05, 0.1) is 35.9 Å². The van der Waals surface area contributed by atoms with Crippen LogP contribution in [0.15, 0.2) is 30.3 Å². The van der Waals surface area contributed by atoms with E-state index in [-0.39, 0.29) is 47.5 Å². The van der Waals surface area contributed by atoms with Crippen molar-refractivity contribution < 1.29 is 31.9 Å². The van der Waals surface area contributed by atoms with Crippen LogP contribution in [0.2, 0.25) is 0 Å². The van der Waals surface area contributed by atoms with Crippen LogP contribution in [0, 0.1) is 11.6 Å². The second kappa shape index (κ2) is 9.53. The van der Waals surface area contributed by atoms with Crippen molar-refractivity contribution in [2.75, 3.05) is 31.1 Å². The lowest BCUT2D eigenvalue weighted by Gasteiger charge is -2.32. The average molecular weight is 504 g/mol. The molecule has 0 saturated carbocycles. The Morgan fingerprint density at radius 1 is 1.17 bits per heavy atom. The van der Waals surface area contributed by atoms with Crippen LogP contribution in [0.5, 0.6) is 0 Å². The minimum atomic E-state index is -2.74. The van der Waals surface area contributed by atoms with Crippen molar-refractivity contribution in [2.45, 2.75) is 38.8 Å². The molecule has 190 valence electrons. The first-order valence-electron chi connectivity index (χ1n) is 11.7. The predicted octanol–water partition coefficient (Wildman–Crippen LogP) is 4.29. The fraction of sp³-hybridized carbons (Fsp3) is 0.400. The maximum Gasteiger partial charge on any atom is 0.263 e. The number of halogens is 4. The lowest BCUT2D eigenvalue weighted by atomic mass is 10.1. The summed E-state index contributed by atoms with van der Waals surface area (Å²) in [7, 11) is 0. The zero-order valence-electron chi connectivity index (χ0n) is 19.5. The Balaban J connectivity index is 1.60. The molecule has 2 aliphatic heterocycles. The van der Waals surface area contributed by atoms with Crippen molar-refractivity contribution in [1.29, 1.82) is 0 Å². The fourth-order valence-electron chi connectivity index (χ4n) is 4.83. The minimum absolute atomic E-state index is 0.0886. The van der Waals surface area contributed by atoms with Crippen LogP contribution in [-0.4, -0.2) is 58.6 Å². The van der Waals surface area contributed by atoms with Crippen LogP contribution >= 0.6 is 0 Å². The van der Waals surface area contributed by atoms with Gasteiger partial charge in [-0.05, 0) is 30.7 Å². The van der Waals surface area contributed by atoms with Crippen molar-refractivity contribution in [3.8, 4) is 11.4 Å². The molecule has 2 amide bonds. The molecule has 0 unspecified atom stereocenters. The van der Waals surface area contributed by atoms with E-state index >= 15 is 8.78 Å². The number of ether oxygens (including phenoxy) is 1. The maximum absolute atomic E-state index is 15.4. The van der Waals surface area contributed by atoms with E-state index < -0.39 is 29.7 Å². The van der Waals surface area contributed by atoms with Crippen molar-refractivity contribution in [1.82, 2.24) is 14.5 Å². The molecule has 0 spiro atoms. The van der Waals surface area contributed by atoms with Gasteiger partial charge in [0.1, 0.15) is 17.5 Å². The van der Waals surface area contributed by atoms with Crippen LogP contribution in [-0.2, 0) is 20.9 Å². The summed E-state index contributed by atoms with van der Waals surface area (Å²) in [5.74, 6) is -2.27. The first-order valence-corrected chi connectivity index (χ1v) is 11.7. The lowest BCUT2D eigenvalue weighted by Crippen LogP contribution is -2.46. The van der Waals surface area contributed by atoms with Crippen LogP contribution < -0.4 is 4.90 Å². The van der Waals surface area contributed by atoms with Crippen LogP contribution in [0.1, 0.15) is 31.8 Å². The summed E-state index contributed by atoms with van der Waals surface area (Å²) >= 11 is 0. The third-order valence-corrected chi connectivity index (χ3v) is 6.63. The molecular formula is C25H24F4N4O3. The molecule has 2 aromatic carbocycles. The summed E-state index contributed by atoms with van der Waals surface area (Å²) < 4.78 is 64.8. The number of aromatic nitrogens is 2. The maximum atomic E-state index is 15.4. The summed E-state index contributed by atoms with van der Waals surface area (Å²) in [5, 5.41) is 0. The molecule has 2 saturated heterocycles. The number of hydrogen-bond donors (Lipinski definition) is 0. The van der Waals surface area contributed by atoms with Gasteiger partial charge in [0, 0.05) is 44.2 Å². The number of carbonyl (C=O) groups is 2. The third kappa shape index (κ3) is 4.43. The van der Waals surface area contributed by atoms with Gasteiger partial charge in [-0.25, -0.2) is 22.5 Å². The monoisotopic (exact) mass is 504 g/mol. The van der Waals surface area contributed by atoms with E-state index in [1.165, 1.54) is 34.6 Å². The first kappa shape index (κ1) is 24.2. The zero-order valence-corrected chi connectivity index (χ0v) is 19.5. The number of anilines is 1. The number of imidazole rings is 1. The molecule has 0 radical (unpaired) electrons. The van der Waals surface area contributed by atoms with Crippen LogP contribution in [0.25, 0.3) is 22.4 Å². The molecule has 3 heterocycles. The number of rotatable bonds is 5. The molecule has 1 aromatic heterocycles. The summed E-state index contributed by atoms with van der Waals surface area (Å²) in [6.07, 6.45) is -2.32. The van der Waals surface area contributed by atoms with E-state index in [1.807, 2.05) is 0 Å². The largest absolute Gasteiger partial charge is 0.373 e. The summed E-state index contributed by atoms with van der Waals surface area (Å²) in [6, 6.07) is 6.05. The zero-order chi connectivity index (χ0) is 25.6.